The molecule has 29 heavy (non-hydrogen) atoms. The number of fused-ring (bicyclic) bond motifs is 1. The molecule has 1 aliphatic rings. The number of rotatable bonds is 5. The first-order chi connectivity index (χ1) is 14.1. The summed E-state index contributed by atoms with van der Waals surface area (Å²) in [5.41, 5.74) is 4.78. The van der Waals surface area contributed by atoms with Crippen LogP contribution < -0.4 is 5.32 Å². The Morgan fingerprint density at radius 2 is 1.83 bits per heavy atom. The van der Waals surface area contributed by atoms with Gasteiger partial charge in [0, 0.05) is 10.9 Å². The van der Waals surface area contributed by atoms with Gasteiger partial charge in [0.05, 0.1) is 11.3 Å². The van der Waals surface area contributed by atoms with Gasteiger partial charge in [0.25, 0.3) is 5.91 Å². The van der Waals surface area contributed by atoms with Gasteiger partial charge in [0.1, 0.15) is 0 Å². The topological polar surface area (TPSA) is 68.3 Å². The van der Waals surface area contributed by atoms with E-state index in [1.165, 1.54) is 28.9 Å². The Hall–Kier alpha value is -2.99. The van der Waals surface area contributed by atoms with Crippen molar-refractivity contribution >= 4 is 28.3 Å². The van der Waals surface area contributed by atoms with Gasteiger partial charge in [-0.1, -0.05) is 36.4 Å². The third kappa shape index (κ3) is 4.54. The predicted octanol–water partition coefficient (Wildman–Crippen LogP) is 4.87. The van der Waals surface area contributed by atoms with Crippen LogP contribution in [0.1, 0.15) is 41.3 Å². The highest BCUT2D eigenvalue weighted by Crippen LogP contribution is 2.25. The van der Waals surface area contributed by atoms with Crippen LogP contribution in [0, 0.1) is 0 Å². The number of benzene rings is 2. The summed E-state index contributed by atoms with van der Waals surface area (Å²) in [7, 11) is 0. The minimum atomic E-state index is -0.914. The SMILES string of the molecule is C[C@@H](OC(=O)c1ccc2c(c1)CCCC2)C(=O)Nc1nc(-c2ccccc2)cs1. The zero-order valence-corrected chi connectivity index (χ0v) is 17.0. The molecule has 1 atom stereocenters. The molecule has 2 aromatic carbocycles. The van der Waals surface area contributed by atoms with Crippen LogP contribution >= 0.6 is 11.3 Å². The zero-order chi connectivity index (χ0) is 20.2. The maximum absolute atomic E-state index is 12.5. The lowest BCUT2D eigenvalue weighted by Crippen LogP contribution is -2.30. The smallest absolute Gasteiger partial charge is 0.338 e. The third-order valence-corrected chi connectivity index (χ3v) is 5.80. The number of nitrogens with zero attached hydrogens (tertiary/aromatic N) is 1. The van der Waals surface area contributed by atoms with Gasteiger partial charge in [-0.15, -0.1) is 11.3 Å². The largest absolute Gasteiger partial charge is 0.449 e. The summed E-state index contributed by atoms with van der Waals surface area (Å²) in [4.78, 5) is 29.3. The highest BCUT2D eigenvalue weighted by molar-refractivity contribution is 7.14. The lowest BCUT2D eigenvalue weighted by Gasteiger charge is -2.17. The molecule has 0 radical (unpaired) electrons. The fourth-order valence-corrected chi connectivity index (χ4v) is 4.14. The van der Waals surface area contributed by atoms with Crippen molar-refractivity contribution in [2.75, 3.05) is 5.32 Å². The number of hydrogen-bond acceptors (Lipinski definition) is 5. The van der Waals surface area contributed by atoms with Crippen LogP contribution in [0.25, 0.3) is 11.3 Å². The number of thiazole rings is 1. The average Bonchev–Trinajstić information content (AvgIpc) is 3.22. The van der Waals surface area contributed by atoms with Crippen LogP contribution in [0.5, 0.6) is 0 Å². The molecule has 0 saturated heterocycles. The summed E-state index contributed by atoms with van der Waals surface area (Å²) in [6.07, 6.45) is 3.46. The molecular formula is C23H22N2O3S. The summed E-state index contributed by atoms with van der Waals surface area (Å²) >= 11 is 1.34. The molecule has 6 heteroatoms. The van der Waals surface area contributed by atoms with Crippen LogP contribution in [0.3, 0.4) is 0 Å². The number of anilines is 1. The molecule has 3 aromatic rings. The molecule has 4 rings (SSSR count). The molecule has 0 spiro atoms. The Balaban J connectivity index is 1.37. The van der Waals surface area contributed by atoms with E-state index in [2.05, 4.69) is 10.3 Å². The van der Waals surface area contributed by atoms with Crippen LogP contribution in [0.4, 0.5) is 5.13 Å². The average molecular weight is 407 g/mol. The molecule has 0 bridgehead atoms. The molecule has 0 fully saturated rings. The van der Waals surface area contributed by atoms with Crippen molar-refractivity contribution in [2.24, 2.45) is 0 Å². The van der Waals surface area contributed by atoms with Gasteiger partial charge < -0.3 is 4.74 Å². The minimum Gasteiger partial charge on any atom is -0.449 e. The van der Waals surface area contributed by atoms with E-state index < -0.39 is 18.0 Å². The van der Waals surface area contributed by atoms with Gasteiger partial charge in [-0.05, 0) is 55.9 Å². The van der Waals surface area contributed by atoms with E-state index in [-0.39, 0.29) is 0 Å². The zero-order valence-electron chi connectivity index (χ0n) is 16.2. The molecule has 0 saturated carbocycles. The van der Waals surface area contributed by atoms with Crippen molar-refractivity contribution in [3.63, 3.8) is 0 Å². The first-order valence-corrected chi connectivity index (χ1v) is 10.6. The Bertz CT molecular complexity index is 1030. The lowest BCUT2D eigenvalue weighted by molar-refractivity contribution is -0.123. The Labute approximate surface area is 173 Å². The number of aryl methyl sites for hydroxylation is 2. The molecule has 148 valence electrons. The quantitative estimate of drug-likeness (QED) is 0.614. The molecular weight excluding hydrogens is 384 g/mol. The molecule has 1 amide bonds. The highest BCUT2D eigenvalue weighted by Gasteiger charge is 2.21. The molecule has 1 N–H and O–H groups in total. The second-order valence-electron chi connectivity index (χ2n) is 7.13. The first kappa shape index (κ1) is 19.3. The normalized spacial score (nSPS) is 14.0. The number of esters is 1. The Kier molecular flexibility index (Phi) is 5.71. The van der Waals surface area contributed by atoms with Gasteiger partial charge in [0.15, 0.2) is 11.2 Å². The van der Waals surface area contributed by atoms with Crippen LogP contribution in [-0.2, 0) is 22.4 Å². The number of carbonyl (C=O) groups excluding carboxylic acids is 2. The molecule has 5 nitrogen and oxygen atoms in total. The molecule has 0 unspecified atom stereocenters. The van der Waals surface area contributed by atoms with Crippen LogP contribution in [0.2, 0.25) is 0 Å². The van der Waals surface area contributed by atoms with E-state index in [9.17, 15) is 9.59 Å². The van der Waals surface area contributed by atoms with E-state index in [1.54, 1.807) is 13.0 Å². The number of carbonyl (C=O) groups is 2. The molecule has 1 aliphatic carbocycles. The third-order valence-electron chi connectivity index (χ3n) is 5.04. The monoisotopic (exact) mass is 406 g/mol. The second-order valence-corrected chi connectivity index (χ2v) is 7.99. The van der Waals surface area contributed by atoms with Gasteiger partial charge in [-0.3, -0.25) is 10.1 Å². The van der Waals surface area contributed by atoms with Crippen molar-refractivity contribution in [3.8, 4) is 11.3 Å². The van der Waals surface area contributed by atoms with Gasteiger partial charge in [0.2, 0.25) is 0 Å². The van der Waals surface area contributed by atoms with Crippen LogP contribution in [-0.4, -0.2) is 23.0 Å². The Morgan fingerprint density at radius 3 is 2.62 bits per heavy atom. The lowest BCUT2D eigenvalue weighted by atomic mass is 9.90. The van der Waals surface area contributed by atoms with Crippen molar-refractivity contribution in [2.45, 2.75) is 38.7 Å². The standard InChI is InChI=1S/C23H22N2O3S/c1-15(28-22(27)19-12-11-16-7-5-6-10-18(16)13-19)21(26)25-23-24-20(14-29-23)17-8-3-2-4-9-17/h2-4,8-9,11-15H,5-7,10H2,1H3,(H,24,25,26)/t15-/m1/s1. The summed E-state index contributed by atoms with van der Waals surface area (Å²) in [5.74, 6) is -0.879. The number of nitrogens with one attached hydrogen (secondary N) is 1. The van der Waals surface area contributed by atoms with Crippen molar-refractivity contribution in [1.29, 1.82) is 0 Å². The van der Waals surface area contributed by atoms with Gasteiger partial charge in [-0.2, -0.15) is 0 Å². The van der Waals surface area contributed by atoms with E-state index in [1.807, 2.05) is 47.8 Å². The first-order valence-electron chi connectivity index (χ1n) is 9.75. The Morgan fingerprint density at radius 1 is 1.07 bits per heavy atom. The van der Waals surface area contributed by atoms with Crippen molar-refractivity contribution < 1.29 is 14.3 Å². The number of ether oxygens (including phenoxy) is 1. The molecule has 0 aliphatic heterocycles. The fourth-order valence-electron chi connectivity index (χ4n) is 3.42. The summed E-state index contributed by atoms with van der Waals surface area (Å²) in [6, 6.07) is 15.4. The summed E-state index contributed by atoms with van der Waals surface area (Å²) in [6.45, 7) is 1.57. The number of aromatic nitrogens is 1. The van der Waals surface area contributed by atoms with E-state index >= 15 is 0 Å². The van der Waals surface area contributed by atoms with E-state index in [0.29, 0.717) is 10.7 Å². The summed E-state index contributed by atoms with van der Waals surface area (Å²) in [5, 5.41) is 5.09. The van der Waals surface area contributed by atoms with Gasteiger partial charge in [-0.25, -0.2) is 9.78 Å². The maximum atomic E-state index is 12.5. The van der Waals surface area contributed by atoms with Gasteiger partial charge >= 0.3 is 5.97 Å². The fraction of sp³-hybridized carbons (Fsp3) is 0.261. The predicted molar refractivity (Wildman–Crippen MR) is 114 cm³/mol. The number of hydrogen-bond donors (Lipinski definition) is 1. The summed E-state index contributed by atoms with van der Waals surface area (Å²) < 4.78 is 5.38. The van der Waals surface area contributed by atoms with E-state index in [4.69, 9.17) is 4.74 Å². The minimum absolute atomic E-state index is 0.398. The van der Waals surface area contributed by atoms with Crippen LogP contribution in [0.15, 0.2) is 53.9 Å². The molecule has 1 aromatic heterocycles. The second kappa shape index (κ2) is 8.57. The molecule has 1 heterocycles. The number of amides is 1. The highest BCUT2D eigenvalue weighted by atomic mass is 32.1. The van der Waals surface area contributed by atoms with Crippen molar-refractivity contribution in [3.05, 3.63) is 70.6 Å². The van der Waals surface area contributed by atoms with E-state index in [0.717, 1.165) is 30.5 Å². The maximum Gasteiger partial charge on any atom is 0.338 e. The van der Waals surface area contributed by atoms with Crippen molar-refractivity contribution in [1.82, 2.24) is 4.98 Å².